The van der Waals surface area contributed by atoms with E-state index >= 15 is 0 Å². The van der Waals surface area contributed by atoms with E-state index in [1.807, 2.05) is 32.9 Å². The lowest BCUT2D eigenvalue weighted by Crippen LogP contribution is -2.34. The number of carbonyl (C=O) groups is 1. The Morgan fingerprint density at radius 3 is 2.29 bits per heavy atom. The summed E-state index contributed by atoms with van der Waals surface area (Å²) < 4.78 is 5.27. The molecular weight excluding hydrogens is 216 g/mol. The van der Waals surface area contributed by atoms with Crippen LogP contribution in [0.4, 0.5) is 11.4 Å². The smallest absolute Gasteiger partial charge is 0.328 e. The van der Waals surface area contributed by atoms with Gasteiger partial charge in [0.2, 0.25) is 0 Å². The molecule has 0 aliphatic carbocycles. The summed E-state index contributed by atoms with van der Waals surface area (Å²) in [6.07, 6.45) is 0. The van der Waals surface area contributed by atoms with Gasteiger partial charge in [0, 0.05) is 11.4 Å². The van der Waals surface area contributed by atoms with Gasteiger partial charge in [0.05, 0.1) is 0 Å². The Labute approximate surface area is 102 Å². The van der Waals surface area contributed by atoms with Crippen LogP contribution < -0.4 is 11.1 Å². The molecule has 3 N–H and O–H groups in total. The maximum absolute atomic E-state index is 11.7. The summed E-state index contributed by atoms with van der Waals surface area (Å²) in [7, 11) is 0. The van der Waals surface area contributed by atoms with Gasteiger partial charge in [-0.2, -0.15) is 0 Å². The molecule has 0 bridgehead atoms. The minimum Gasteiger partial charge on any atom is -0.458 e. The van der Waals surface area contributed by atoms with Crippen LogP contribution >= 0.6 is 0 Å². The van der Waals surface area contributed by atoms with Crippen molar-refractivity contribution in [3.63, 3.8) is 0 Å². The van der Waals surface area contributed by atoms with Crippen molar-refractivity contribution in [1.82, 2.24) is 0 Å². The molecular formula is C13H20N2O2. The number of nitrogens with two attached hydrogens (primary N) is 1. The standard InChI is InChI=1S/C13H20N2O2/c1-9(12(16)17-13(2,3)4)15-11-7-5-10(14)6-8-11/h5-9,15H,14H2,1-4H3. The van der Waals surface area contributed by atoms with Crippen LogP contribution in [0.2, 0.25) is 0 Å². The van der Waals surface area contributed by atoms with Crippen molar-refractivity contribution in [1.29, 1.82) is 0 Å². The van der Waals surface area contributed by atoms with E-state index in [0.717, 1.165) is 5.69 Å². The Bertz CT molecular complexity index is 379. The molecule has 0 amide bonds. The highest BCUT2D eigenvalue weighted by atomic mass is 16.6. The number of nitrogen functional groups attached to an aromatic ring is 1. The van der Waals surface area contributed by atoms with Crippen LogP contribution in [-0.4, -0.2) is 17.6 Å². The second-order valence-electron chi connectivity index (χ2n) is 5.02. The number of ether oxygens (including phenoxy) is 1. The number of rotatable bonds is 3. The van der Waals surface area contributed by atoms with Gasteiger partial charge < -0.3 is 15.8 Å². The number of anilines is 2. The van der Waals surface area contributed by atoms with Crippen molar-refractivity contribution in [2.75, 3.05) is 11.1 Å². The first-order valence-corrected chi connectivity index (χ1v) is 5.63. The van der Waals surface area contributed by atoms with E-state index in [1.165, 1.54) is 0 Å². The van der Waals surface area contributed by atoms with Crippen molar-refractivity contribution in [3.8, 4) is 0 Å². The third-order valence-corrected chi connectivity index (χ3v) is 2.05. The lowest BCUT2D eigenvalue weighted by molar-refractivity contribution is -0.155. The molecule has 1 rings (SSSR count). The first-order valence-electron chi connectivity index (χ1n) is 5.63. The minimum atomic E-state index is -0.464. The van der Waals surface area contributed by atoms with Crippen LogP contribution in [0.5, 0.6) is 0 Å². The van der Waals surface area contributed by atoms with Gasteiger partial charge in [0.15, 0.2) is 0 Å². The molecule has 0 aliphatic heterocycles. The monoisotopic (exact) mass is 236 g/mol. The largest absolute Gasteiger partial charge is 0.458 e. The maximum Gasteiger partial charge on any atom is 0.328 e. The Hall–Kier alpha value is -1.71. The molecule has 0 fully saturated rings. The van der Waals surface area contributed by atoms with Crippen LogP contribution in [-0.2, 0) is 9.53 Å². The number of benzene rings is 1. The SMILES string of the molecule is CC(Nc1ccc(N)cc1)C(=O)OC(C)(C)C. The van der Waals surface area contributed by atoms with Crippen molar-refractivity contribution in [2.45, 2.75) is 39.3 Å². The Balaban J connectivity index is 2.57. The molecule has 17 heavy (non-hydrogen) atoms. The van der Waals surface area contributed by atoms with E-state index in [2.05, 4.69) is 5.32 Å². The number of hydrogen-bond donors (Lipinski definition) is 2. The summed E-state index contributed by atoms with van der Waals surface area (Å²) in [6.45, 7) is 7.31. The molecule has 4 nitrogen and oxygen atoms in total. The first-order chi connectivity index (χ1) is 7.78. The first kappa shape index (κ1) is 13.4. The summed E-state index contributed by atoms with van der Waals surface area (Å²) in [5, 5.41) is 3.06. The molecule has 94 valence electrons. The van der Waals surface area contributed by atoms with Gasteiger partial charge >= 0.3 is 5.97 Å². The molecule has 0 heterocycles. The highest BCUT2D eigenvalue weighted by molar-refractivity contribution is 5.79. The quantitative estimate of drug-likeness (QED) is 0.625. The lowest BCUT2D eigenvalue weighted by atomic mass is 10.2. The van der Waals surface area contributed by atoms with Gasteiger partial charge in [-0.05, 0) is 52.0 Å². The zero-order chi connectivity index (χ0) is 13.1. The fourth-order valence-electron chi connectivity index (χ4n) is 1.28. The van der Waals surface area contributed by atoms with E-state index in [-0.39, 0.29) is 5.97 Å². The summed E-state index contributed by atoms with van der Waals surface area (Å²) in [6, 6.07) is 6.83. The van der Waals surface area contributed by atoms with E-state index < -0.39 is 11.6 Å². The van der Waals surface area contributed by atoms with Gasteiger partial charge in [0.1, 0.15) is 11.6 Å². The fraction of sp³-hybridized carbons (Fsp3) is 0.462. The van der Waals surface area contributed by atoms with Gasteiger partial charge in [0.25, 0.3) is 0 Å². The molecule has 0 aliphatic rings. The number of hydrogen-bond acceptors (Lipinski definition) is 4. The zero-order valence-electron chi connectivity index (χ0n) is 10.8. The molecule has 1 aromatic rings. The Morgan fingerprint density at radius 2 is 1.82 bits per heavy atom. The second-order valence-corrected chi connectivity index (χ2v) is 5.02. The van der Waals surface area contributed by atoms with E-state index in [1.54, 1.807) is 19.1 Å². The molecule has 1 unspecified atom stereocenters. The van der Waals surface area contributed by atoms with Crippen LogP contribution in [0.1, 0.15) is 27.7 Å². The van der Waals surface area contributed by atoms with Gasteiger partial charge in [-0.3, -0.25) is 0 Å². The van der Waals surface area contributed by atoms with Crippen molar-refractivity contribution < 1.29 is 9.53 Å². The van der Waals surface area contributed by atoms with E-state index in [0.29, 0.717) is 5.69 Å². The Morgan fingerprint density at radius 1 is 1.29 bits per heavy atom. The number of nitrogens with one attached hydrogen (secondary N) is 1. The molecule has 0 spiro atoms. The molecule has 1 aromatic carbocycles. The molecule has 0 radical (unpaired) electrons. The van der Waals surface area contributed by atoms with Crippen LogP contribution in [0.3, 0.4) is 0 Å². The summed E-state index contributed by atoms with van der Waals surface area (Å²) in [4.78, 5) is 11.7. The molecule has 0 saturated heterocycles. The fourth-order valence-corrected chi connectivity index (χ4v) is 1.28. The van der Waals surface area contributed by atoms with Crippen molar-refractivity contribution in [2.24, 2.45) is 0 Å². The predicted molar refractivity (Wildman–Crippen MR) is 69.8 cm³/mol. The molecule has 0 aromatic heterocycles. The van der Waals surface area contributed by atoms with Crippen LogP contribution in [0.15, 0.2) is 24.3 Å². The van der Waals surface area contributed by atoms with Crippen LogP contribution in [0, 0.1) is 0 Å². The second kappa shape index (κ2) is 5.08. The normalized spacial score (nSPS) is 12.9. The summed E-state index contributed by atoms with van der Waals surface area (Å²) in [5.41, 5.74) is 6.66. The van der Waals surface area contributed by atoms with Gasteiger partial charge in [-0.15, -0.1) is 0 Å². The summed E-state index contributed by atoms with van der Waals surface area (Å²) in [5.74, 6) is -0.269. The van der Waals surface area contributed by atoms with Crippen LogP contribution in [0.25, 0.3) is 0 Å². The third kappa shape index (κ3) is 4.76. The zero-order valence-corrected chi connectivity index (χ0v) is 10.8. The molecule has 0 saturated carbocycles. The predicted octanol–water partition coefficient (Wildman–Crippen LogP) is 2.41. The summed E-state index contributed by atoms with van der Waals surface area (Å²) >= 11 is 0. The average Bonchev–Trinajstić information content (AvgIpc) is 2.19. The lowest BCUT2D eigenvalue weighted by Gasteiger charge is -2.23. The highest BCUT2D eigenvalue weighted by Crippen LogP contribution is 2.14. The minimum absolute atomic E-state index is 0.269. The Kier molecular flexibility index (Phi) is 3.99. The van der Waals surface area contributed by atoms with E-state index in [4.69, 9.17) is 10.5 Å². The molecule has 1 atom stereocenters. The van der Waals surface area contributed by atoms with Gasteiger partial charge in [-0.25, -0.2) is 4.79 Å². The van der Waals surface area contributed by atoms with Crippen molar-refractivity contribution in [3.05, 3.63) is 24.3 Å². The number of carbonyl (C=O) groups excluding carboxylic acids is 1. The topological polar surface area (TPSA) is 64.3 Å². The third-order valence-electron chi connectivity index (χ3n) is 2.05. The average molecular weight is 236 g/mol. The maximum atomic E-state index is 11.7. The van der Waals surface area contributed by atoms with E-state index in [9.17, 15) is 4.79 Å². The molecule has 4 heteroatoms. The number of esters is 1. The highest BCUT2D eigenvalue weighted by Gasteiger charge is 2.21. The van der Waals surface area contributed by atoms with Crippen molar-refractivity contribution >= 4 is 17.3 Å². The van der Waals surface area contributed by atoms with Gasteiger partial charge in [-0.1, -0.05) is 0 Å².